The van der Waals surface area contributed by atoms with E-state index in [4.69, 9.17) is 16.0 Å². The van der Waals surface area contributed by atoms with E-state index in [2.05, 4.69) is 21.2 Å². The molecule has 24 heavy (non-hydrogen) atoms. The van der Waals surface area contributed by atoms with Crippen LogP contribution in [0.1, 0.15) is 11.3 Å². The summed E-state index contributed by atoms with van der Waals surface area (Å²) in [4.78, 5) is 12.2. The van der Waals surface area contributed by atoms with Crippen LogP contribution in [0.3, 0.4) is 0 Å². The summed E-state index contributed by atoms with van der Waals surface area (Å²) in [6, 6.07) is 16.9. The molecule has 1 aromatic heterocycles. The first-order valence-corrected chi connectivity index (χ1v) is 8.46. The summed E-state index contributed by atoms with van der Waals surface area (Å²) in [6.45, 7) is 0. The topological polar surface area (TPSA) is 42.2 Å². The van der Waals surface area contributed by atoms with Crippen molar-refractivity contribution in [1.29, 1.82) is 0 Å². The number of rotatable bonds is 2. The van der Waals surface area contributed by atoms with Gasteiger partial charge in [-0.3, -0.25) is 4.79 Å². The average molecular weight is 401 g/mol. The van der Waals surface area contributed by atoms with Crippen molar-refractivity contribution >= 4 is 50.8 Å². The highest BCUT2D eigenvalue weighted by atomic mass is 79.9. The molecule has 1 aliphatic rings. The van der Waals surface area contributed by atoms with E-state index < -0.39 is 0 Å². The molecule has 3 aromatic rings. The standard InChI is InChI=1S/C19H11BrClNO2/c20-12-3-1-11(2-4-12)18-8-6-14(24-18)10-16-15-9-13(21)5-7-17(15)22-19(16)23/h1-10H,(H,22,23). The largest absolute Gasteiger partial charge is 0.457 e. The molecule has 0 aliphatic carbocycles. The third kappa shape index (κ3) is 2.79. The van der Waals surface area contributed by atoms with Gasteiger partial charge in [0.1, 0.15) is 11.5 Å². The molecule has 5 heteroatoms. The number of halogens is 2. The van der Waals surface area contributed by atoms with Gasteiger partial charge in [-0.05, 0) is 48.5 Å². The fraction of sp³-hybridized carbons (Fsp3) is 0. The number of carbonyl (C=O) groups excluding carboxylic acids is 1. The molecule has 0 radical (unpaired) electrons. The van der Waals surface area contributed by atoms with Crippen LogP contribution in [0.2, 0.25) is 5.02 Å². The van der Waals surface area contributed by atoms with E-state index in [-0.39, 0.29) is 5.91 Å². The highest BCUT2D eigenvalue weighted by Gasteiger charge is 2.24. The second-order valence-corrected chi connectivity index (χ2v) is 6.76. The van der Waals surface area contributed by atoms with E-state index in [0.717, 1.165) is 27.0 Å². The molecule has 0 saturated heterocycles. The van der Waals surface area contributed by atoms with Crippen molar-refractivity contribution in [2.45, 2.75) is 0 Å². The second-order valence-electron chi connectivity index (χ2n) is 5.41. The lowest BCUT2D eigenvalue weighted by Gasteiger charge is -1.99. The van der Waals surface area contributed by atoms with E-state index in [1.807, 2.05) is 36.4 Å². The van der Waals surface area contributed by atoms with Crippen LogP contribution < -0.4 is 5.32 Å². The maximum atomic E-state index is 12.2. The zero-order valence-electron chi connectivity index (χ0n) is 12.3. The quantitative estimate of drug-likeness (QED) is 0.548. The third-order valence-corrected chi connectivity index (χ3v) is 4.57. The number of benzene rings is 2. The molecule has 1 aliphatic heterocycles. The highest BCUT2D eigenvalue weighted by Crippen LogP contribution is 2.35. The third-order valence-electron chi connectivity index (χ3n) is 3.81. The number of hydrogen-bond donors (Lipinski definition) is 1. The molecule has 118 valence electrons. The van der Waals surface area contributed by atoms with E-state index in [1.165, 1.54) is 0 Å². The zero-order chi connectivity index (χ0) is 16.7. The van der Waals surface area contributed by atoms with Gasteiger partial charge in [0, 0.05) is 26.3 Å². The summed E-state index contributed by atoms with van der Waals surface area (Å²) in [5.41, 5.74) is 3.07. The summed E-state index contributed by atoms with van der Waals surface area (Å²) < 4.78 is 6.87. The lowest BCUT2D eigenvalue weighted by molar-refractivity contribution is -0.110. The fourth-order valence-corrected chi connectivity index (χ4v) is 3.08. The average Bonchev–Trinajstić information content (AvgIpc) is 3.14. The van der Waals surface area contributed by atoms with Crippen molar-refractivity contribution in [2.24, 2.45) is 0 Å². The molecular weight excluding hydrogens is 390 g/mol. The number of anilines is 1. The Hall–Kier alpha value is -2.30. The Morgan fingerprint density at radius 1 is 1.04 bits per heavy atom. The molecular formula is C19H11BrClNO2. The predicted molar refractivity (Wildman–Crippen MR) is 99.8 cm³/mol. The number of carbonyl (C=O) groups is 1. The molecule has 4 rings (SSSR count). The molecule has 0 saturated carbocycles. The fourth-order valence-electron chi connectivity index (χ4n) is 2.65. The van der Waals surface area contributed by atoms with Crippen LogP contribution >= 0.6 is 27.5 Å². The van der Waals surface area contributed by atoms with Gasteiger partial charge in [-0.2, -0.15) is 0 Å². The molecule has 1 N–H and O–H groups in total. The molecule has 0 atom stereocenters. The van der Waals surface area contributed by atoms with Crippen LogP contribution in [0.25, 0.3) is 23.0 Å². The minimum Gasteiger partial charge on any atom is -0.457 e. The Morgan fingerprint density at radius 3 is 2.62 bits per heavy atom. The molecule has 0 bridgehead atoms. The van der Waals surface area contributed by atoms with Crippen molar-refractivity contribution in [3.05, 3.63) is 75.4 Å². The van der Waals surface area contributed by atoms with Gasteiger partial charge in [-0.1, -0.05) is 39.7 Å². The monoisotopic (exact) mass is 399 g/mol. The van der Waals surface area contributed by atoms with Gasteiger partial charge in [-0.15, -0.1) is 0 Å². The number of fused-ring (bicyclic) bond motifs is 1. The van der Waals surface area contributed by atoms with Crippen LogP contribution in [-0.2, 0) is 4.79 Å². The van der Waals surface area contributed by atoms with Crippen molar-refractivity contribution in [2.75, 3.05) is 5.32 Å². The van der Waals surface area contributed by atoms with Crippen LogP contribution in [0.5, 0.6) is 0 Å². The Balaban J connectivity index is 1.71. The first-order valence-electron chi connectivity index (χ1n) is 7.29. The first-order chi connectivity index (χ1) is 11.6. The number of nitrogens with one attached hydrogen (secondary N) is 1. The zero-order valence-corrected chi connectivity index (χ0v) is 14.7. The SMILES string of the molecule is O=C1Nc2ccc(Cl)cc2C1=Cc1ccc(-c2ccc(Br)cc2)o1. The van der Waals surface area contributed by atoms with Crippen molar-refractivity contribution in [1.82, 2.24) is 0 Å². The first kappa shape index (κ1) is 15.2. The Kier molecular flexibility index (Phi) is 3.79. The van der Waals surface area contributed by atoms with E-state index in [9.17, 15) is 4.79 Å². The highest BCUT2D eigenvalue weighted by molar-refractivity contribution is 9.10. The summed E-state index contributed by atoms with van der Waals surface area (Å²) in [6.07, 6.45) is 1.74. The van der Waals surface area contributed by atoms with Crippen LogP contribution in [0.15, 0.2) is 63.5 Å². The molecule has 2 heterocycles. The predicted octanol–water partition coefficient (Wildman–Crippen LogP) is 5.86. The normalized spacial score (nSPS) is 14.8. The van der Waals surface area contributed by atoms with Gasteiger partial charge in [0.25, 0.3) is 5.91 Å². The van der Waals surface area contributed by atoms with Crippen LogP contribution in [0.4, 0.5) is 5.69 Å². The molecule has 0 spiro atoms. The van der Waals surface area contributed by atoms with E-state index in [0.29, 0.717) is 16.4 Å². The summed E-state index contributed by atoms with van der Waals surface area (Å²) >= 11 is 9.46. The number of amides is 1. The number of furan rings is 1. The maximum Gasteiger partial charge on any atom is 0.256 e. The number of hydrogen-bond acceptors (Lipinski definition) is 2. The molecule has 3 nitrogen and oxygen atoms in total. The Bertz CT molecular complexity index is 973. The lowest BCUT2D eigenvalue weighted by Crippen LogP contribution is -2.03. The molecule has 1 amide bonds. The summed E-state index contributed by atoms with van der Waals surface area (Å²) in [7, 11) is 0. The minimum absolute atomic E-state index is 0.158. The van der Waals surface area contributed by atoms with Gasteiger partial charge in [0.15, 0.2) is 0 Å². The Labute approximate surface area is 152 Å². The summed E-state index contributed by atoms with van der Waals surface area (Å²) in [5, 5.41) is 3.42. The van der Waals surface area contributed by atoms with Gasteiger partial charge >= 0.3 is 0 Å². The lowest BCUT2D eigenvalue weighted by atomic mass is 10.1. The van der Waals surface area contributed by atoms with Gasteiger partial charge in [0.2, 0.25) is 0 Å². The molecule has 0 fully saturated rings. The molecule has 0 unspecified atom stereocenters. The Morgan fingerprint density at radius 2 is 1.83 bits per heavy atom. The smallest absolute Gasteiger partial charge is 0.256 e. The van der Waals surface area contributed by atoms with Gasteiger partial charge < -0.3 is 9.73 Å². The minimum atomic E-state index is -0.158. The second kappa shape index (κ2) is 5.96. The maximum absolute atomic E-state index is 12.2. The van der Waals surface area contributed by atoms with E-state index >= 15 is 0 Å². The van der Waals surface area contributed by atoms with Crippen molar-refractivity contribution < 1.29 is 9.21 Å². The van der Waals surface area contributed by atoms with Crippen molar-refractivity contribution in [3.8, 4) is 11.3 Å². The van der Waals surface area contributed by atoms with Crippen molar-refractivity contribution in [3.63, 3.8) is 0 Å². The molecule has 2 aromatic carbocycles. The summed E-state index contributed by atoms with van der Waals surface area (Å²) in [5.74, 6) is 1.21. The van der Waals surface area contributed by atoms with Gasteiger partial charge in [0.05, 0.1) is 5.57 Å². The van der Waals surface area contributed by atoms with E-state index in [1.54, 1.807) is 24.3 Å². The van der Waals surface area contributed by atoms with Crippen LogP contribution in [0, 0.1) is 0 Å². The van der Waals surface area contributed by atoms with Crippen LogP contribution in [-0.4, -0.2) is 5.91 Å². The van der Waals surface area contributed by atoms with Gasteiger partial charge in [-0.25, -0.2) is 0 Å².